The number of benzene rings is 1. The van der Waals surface area contributed by atoms with Gasteiger partial charge in [-0.05, 0) is 30.5 Å². The van der Waals surface area contributed by atoms with Crippen molar-refractivity contribution in [2.45, 2.75) is 27.1 Å². The number of rotatable bonds is 6. The lowest BCUT2D eigenvalue weighted by Crippen LogP contribution is -2.28. The standard InChI is InChI=1S/C11H13NO3.C7H8O5S/c1-9(13)12-7-11(14)15-8-10-5-3-2-4-6-10;1-4-5(12-6(8)11-4)3-10-7(9)13-2/h2-6H,7-8H2,1H3,(H,12,13);3H2,1-2H3. The van der Waals surface area contributed by atoms with Gasteiger partial charge in [0, 0.05) is 6.92 Å². The van der Waals surface area contributed by atoms with Gasteiger partial charge < -0.3 is 23.6 Å². The summed E-state index contributed by atoms with van der Waals surface area (Å²) in [6, 6.07) is 9.37. The summed E-state index contributed by atoms with van der Waals surface area (Å²) in [6.45, 7) is 3.00. The van der Waals surface area contributed by atoms with Crippen LogP contribution in [0.25, 0.3) is 0 Å². The van der Waals surface area contributed by atoms with E-state index in [2.05, 4.69) is 14.2 Å². The van der Waals surface area contributed by atoms with E-state index in [-0.39, 0.29) is 31.4 Å². The minimum Gasteiger partial charge on any atom is -0.460 e. The van der Waals surface area contributed by atoms with Gasteiger partial charge in [0.15, 0.2) is 18.1 Å². The van der Waals surface area contributed by atoms with Gasteiger partial charge in [0.2, 0.25) is 5.91 Å². The second-order valence-corrected chi connectivity index (χ2v) is 5.97. The maximum Gasteiger partial charge on any atom is 0.519 e. The van der Waals surface area contributed by atoms with E-state index in [1.807, 2.05) is 30.3 Å². The van der Waals surface area contributed by atoms with Crippen LogP contribution in [0.5, 0.6) is 0 Å². The van der Waals surface area contributed by atoms with E-state index in [1.165, 1.54) is 6.92 Å². The van der Waals surface area contributed by atoms with E-state index in [0.717, 1.165) is 17.3 Å². The van der Waals surface area contributed by atoms with Crippen LogP contribution < -0.4 is 11.1 Å². The smallest absolute Gasteiger partial charge is 0.460 e. The zero-order chi connectivity index (χ0) is 20.9. The predicted octanol–water partition coefficient (Wildman–Crippen LogP) is 2.41. The Morgan fingerprint density at radius 2 is 1.75 bits per heavy atom. The van der Waals surface area contributed by atoms with Gasteiger partial charge in [-0.25, -0.2) is 9.59 Å². The first-order chi connectivity index (χ1) is 13.3. The van der Waals surface area contributed by atoms with Crippen LogP contribution in [0.3, 0.4) is 0 Å². The number of carbonyl (C=O) groups excluding carboxylic acids is 3. The van der Waals surface area contributed by atoms with Crippen LogP contribution in [0.4, 0.5) is 4.79 Å². The summed E-state index contributed by atoms with van der Waals surface area (Å²) < 4.78 is 18.8. The highest BCUT2D eigenvalue weighted by atomic mass is 32.2. The van der Waals surface area contributed by atoms with Crippen molar-refractivity contribution in [3.05, 3.63) is 58.0 Å². The van der Waals surface area contributed by atoms with Crippen molar-refractivity contribution < 1.29 is 32.7 Å². The molecule has 0 radical (unpaired) electrons. The van der Waals surface area contributed by atoms with Crippen LogP contribution >= 0.6 is 11.8 Å². The zero-order valence-corrected chi connectivity index (χ0v) is 16.5. The normalized spacial score (nSPS) is 9.68. The molecule has 0 saturated carbocycles. The lowest BCUT2D eigenvalue weighted by molar-refractivity contribution is -0.145. The van der Waals surface area contributed by atoms with Crippen molar-refractivity contribution in [3.8, 4) is 0 Å². The second-order valence-electron chi connectivity index (χ2n) is 5.23. The average molecular weight is 411 g/mol. The number of esters is 1. The number of ether oxygens (including phenoxy) is 2. The van der Waals surface area contributed by atoms with Gasteiger partial charge in [0.05, 0.1) is 0 Å². The van der Waals surface area contributed by atoms with Crippen LogP contribution in [-0.2, 0) is 32.3 Å². The molecule has 0 aliphatic carbocycles. The van der Waals surface area contributed by atoms with Crippen LogP contribution in [-0.4, -0.2) is 30.0 Å². The second kappa shape index (κ2) is 12.4. The van der Waals surface area contributed by atoms with Crippen molar-refractivity contribution in [1.29, 1.82) is 0 Å². The summed E-state index contributed by atoms with van der Waals surface area (Å²) in [7, 11) is 0. The summed E-state index contributed by atoms with van der Waals surface area (Å²) in [5.74, 6) is -0.889. The number of amides is 1. The van der Waals surface area contributed by atoms with E-state index in [0.29, 0.717) is 5.76 Å². The molecule has 1 N–H and O–H groups in total. The molecule has 0 unspecified atom stereocenters. The van der Waals surface area contributed by atoms with Crippen LogP contribution in [0.2, 0.25) is 0 Å². The van der Waals surface area contributed by atoms with Crippen molar-refractivity contribution in [3.63, 3.8) is 0 Å². The molecule has 1 amide bonds. The number of carbonyl (C=O) groups is 3. The fraction of sp³-hybridized carbons (Fsp3) is 0.333. The van der Waals surface area contributed by atoms with Crippen molar-refractivity contribution in [2.75, 3.05) is 12.8 Å². The highest BCUT2D eigenvalue weighted by molar-refractivity contribution is 8.12. The van der Waals surface area contributed by atoms with E-state index in [4.69, 9.17) is 9.47 Å². The Labute approximate surface area is 165 Å². The average Bonchev–Trinajstić information content (AvgIpc) is 3.01. The van der Waals surface area contributed by atoms with Gasteiger partial charge in [0.1, 0.15) is 13.2 Å². The molecule has 0 aliphatic heterocycles. The Morgan fingerprint density at radius 3 is 2.29 bits per heavy atom. The molecule has 152 valence electrons. The molecule has 2 rings (SSSR count). The lowest BCUT2D eigenvalue weighted by atomic mass is 10.2. The fourth-order valence-corrected chi connectivity index (χ4v) is 1.85. The first-order valence-electron chi connectivity index (χ1n) is 8.06. The molecule has 1 aromatic carbocycles. The van der Waals surface area contributed by atoms with Gasteiger partial charge >= 0.3 is 17.1 Å². The highest BCUT2D eigenvalue weighted by Crippen LogP contribution is 2.09. The van der Waals surface area contributed by atoms with Gasteiger partial charge in [-0.15, -0.1) is 0 Å². The molecule has 9 nitrogen and oxygen atoms in total. The summed E-state index contributed by atoms with van der Waals surface area (Å²) in [5.41, 5.74) is 0.925. The number of hydrogen-bond donors (Lipinski definition) is 1. The van der Waals surface area contributed by atoms with Gasteiger partial charge in [-0.2, -0.15) is 0 Å². The van der Waals surface area contributed by atoms with Crippen molar-refractivity contribution in [1.82, 2.24) is 5.32 Å². The van der Waals surface area contributed by atoms with Crippen LogP contribution in [0.15, 0.2) is 44.0 Å². The number of nitrogens with one attached hydrogen (secondary N) is 1. The summed E-state index contributed by atoms with van der Waals surface area (Å²) >= 11 is 0.945. The summed E-state index contributed by atoms with van der Waals surface area (Å²) in [6.07, 6.45) is 1.60. The van der Waals surface area contributed by atoms with E-state index >= 15 is 0 Å². The van der Waals surface area contributed by atoms with Crippen LogP contribution in [0, 0.1) is 6.92 Å². The Hall–Kier alpha value is -3.01. The zero-order valence-electron chi connectivity index (χ0n) is 15.7. The van der Waals surface area contributed by atoms with Gasteiger partial charge in [0.25, 0.3) is 0 Å². The third-order valence-electron chi connectivity index (χ3n) is 3.05. The first kappa shape index (κ1) is 23.0. The molecule has 0 atom stereocenters. The SMILES string of the molecule is CC(=O)NCC(=O)OCc1ccccc1.CSC(=O)OCc1oc(=O)oc1C. The maximum absolute atomic E-state index is 11.1. The molecule has 0 fully saturated rings. The molecule has 1 heterocycles. The van der Waals surface area contributed by atoms with Gasteiger partial charge in [-0.3, -0.25) is 9.59 Å². The monoisotopic (exact) mass is 411 g/mol. The molecule has 0 bridgehead atoms. The quantitative estimate of drug-likeness (QED) is 0.713. The molecule has 0 saturated heterocycles. The van der Waals surface area contributed by atoms with Crippen molar-refractivity contribution in [2.24, 2.45) is 0 Å². The van der Waals surface area contributed by atoms with Gasteiger partial charge in [-0.1, -0.05) is 30.3 Å². The third-order valence-corrected chi connectivity index (χ3v) is 3.50. The molecular formula is C18H21NO8S. The summed E-state index contributed by atoms with van der Waals surface area (Å²) in [5, 5.41) is 1.94. The molecule has 10 heteroatoms. The Kier molecular flexibility index (Phi) is 10.2. The minimum atomic E-state index is -0.785. The molecule has 1 aromatic heterocycles. The predicted molar refractivity (Wildman–Crippen MR) is 101 cm³/mol. The maximum atomic E-state index is 11.1. The summed E-state index contributed by atoms with van der Waals surface area (Å²) in [4.78, 5) is 42.8. The first-order valence-corrected chi connectivity index (χ1v) is 9.28. The number of thioether (sulfide) groups is 1. The van der Waals surface area contributed by atoms with Crippen LogP contribution in [0.1, 0.15) is 24.0 Å². The number of aryl methyl sites for hydroxylation is 1. The largest absolute Gasteiger partial charge is 0.519 e. The van der Waals surface area contributed by atoms with E-state index in [9.17, 15) is 19.2 Å². The molecule has 0 spiro atoms. The van der Waals surface area contributed by atoms with Crippen molar-refractivity contribution >= 4 is 28.9 Å². The van der Waals surface area contributed by atoms with E-state index in [1.54, 1.807) is 13.2 Å². The molecule has 28 heavy (non-hydrogen) atoms. The lowest BCUT2D eigenvalue weighted by Gasteiger charge is -2.04. The molecule has 0 aliphatic rings. The Morgan fingerprint density at radius 1 is 1.07 bits per heavy atom. The molecular weight excluding hydrogens is 390 g/mol. The topological polar surface area (TPSA) is 125 Å². The molecule has 2 aromatic rings. The van der Waals surface area contributed by atoms with E-state index < -0.39 is 17.1 Å². The minimum absolute atomic E-state index is 0.0722. The third kappa shape index (κ3) is 9.62. The fourth-order valence-electron chi connectivity index (χ4n) is 1.68. The Bertz CT molecular complexity index is 828. The highest BCUT2D eigenvalue weighted by Gasteiger charge is 2.10. The Balaban J connectivity index is 0.000000283. The number of hydrogen-bond acceptors (Lipinski definition) is 9.